The number of hydrogen-bond acceptors (Lipinski definition) is 3. The van der Waals surface area contributed by atoms with Crippen molar-refractivity contribution in [3.05, 3.63) is 29.8 Å². The maximum Gasteiger partial charge on any atom is 0.240 e. The van der Waals surface area contributed by atoms with E-state index in [0.717, 1.165) is 31.5 Å². The minimum Gasteiger partial charge on any atom is -0.316 e. The second-order valence-corrected chi connectivity index (χ2v) is 7.55. The largest absolute Gasteiger partial charge is 0.316 e. The quantitative estimate of drug-likeness (QED) is 0.875. The Labute approximate surface area is 122 Å². The van der Waals surface area contributed by atoms with Gasteiger partial charge in [0.2, 0.25) is 10.0 Å². The molecule has 1 aliphatic heterocycles. The van der Waals surface area contributed by atoms with Crippen LogP contribution in [0.5, 0.6) is 0 Å². The monoisotopic (exact) mass is 296 g/mol. The Morgan fingerprint density at radius 1 is 1.30 bits per heavy atom. The van der Waals surface area contributed by atoms with Crippen LogP contribution in [0.4, 0.5) is 0 Å². The van der Waals surface area contributed by atoms with Gasteiger partial charge in [0.25, 0.3) is 0 Å². The van der Waals surface area contributed by atoms with E-state index in [1.807, 2.05) is 12.1 Å². The number of nitrogens with one attached hydrogen (secondary N) is 2. The van der Waals surface area contributed by atoms with Gasteiger partial charge in [0, 0.05) is 6.54 Å². The van der Waals surface area contributed by atoms with Crippen molar-refractivity contribution in [2.75, 3.05) is 19.6 Å². The lowest BCUT2D eigenvalue weighted by Gasteiger charge is -2.22. The highest BCUT2D eigenvalue weighted by Crippen LogP contribution is 2.17. The van der Waals surface area contributed by atoms with Crippen LogP contribution in [0.2, 0.25) is 0 Å². The van der Waals surface area contributed by atoms with Crippen LogP contribution in [0.1, 0.15) is 38.2 Å². The first-order chi connectivity index (χ1) is 9.49. The van der Waals surface area contributed by atoms with Crippen LogP contribution in [0.15, 0.2) is 29.2 Å². The molecule has 1 fully saturated rings. The summed E-state index contributed by atoms with van der Waals surface area (Å²) in [5.41, 5.74) is 1.15. The first kappa shape index (κ1) is 15.5. The SMILES string of the molecule is CC(C)c1ccc(S(=O)(=O)NCC2CCCNC2)cc1. The smallest absolute Gasteiger partial charge is 0.240 e. The number of sulfonamides is 1. The third-order valence-electron chi connectivity index (χ3n) is 3.82. The number of benzene rings is 1. The zero-order valence-corrected chi connectivity index (χ0v) is 13.0. The minimum atomic E-state index is -3.38. The number of hydrogen-bond donors (Lipinski definition) is 2. The lowest BCUT2D eigenvalue weighted by Crippen LogP contribution is -2.38. The Kier molecular flexibility index (Phi) is 5.18. The molecule has 1 saturated heterocycles. The predicted octanol–water partition coefficient (Wildman–Crippen LogP) is 2.09. The Bertz CT molecular complexity index is 517. The summed E-state index contributed by atoms with van der Waals surface area (Å²) in [5, 5.41) is 3.30. The second-order valence-electron chi connectivity index (χ2n) is 5.79. The van der Waals surface area contributed by atoms with Gasteiger partial charge in [-0.1, -0.05) is 26.0 Å². The van der Waals surface area contributed by atoms with E-state index in [2.05, 4.69) is 23.9 Å². The zero-order valence-electron chi connectivity index (χ0n) is 12.2. The summed E-state index contributed by atoms with van der Waals surface area (Å²) >= 11 is 0. The van der Waals surface area contributed by atoms with Crippen LogP contribution in [-0.4, -0.2) is 28.1 Å². The third kappa shape index (κ3) is 4.04. The lowest BCUT2D eigenvalue weighted by molar-refractivity contribution is 0.376. The van der Waals surface area contributed by atoms with E-state index < -0.39 is 10.0 Å². The summed E-state index contributed by atoms with van der Waals surface area (Å²) in [4.78, 5) is 0.352. The Hall–Kier alpha value is -0.910. The van der Waals surface area contributed by atoms with E-state index >= 15 is 0 Å². The third-order valence-corrected chi connectivity index (χ3v) is 5.26. The maximum atomic E-state index is 12.2. The van der Waals surface area contributed by atoms with Crippen molar-refractivity contribution in [3.63, 3.8) is 0 Å². The molecule has 0 bridgehead atoms. The van der Waals surface area contributed by atoms with Crippen LogP contribution in [0.25, 0.3) is 0 Å². The molecular formula is C15H24N2O2S. The molecule has 1 aromatic rings. The summed E-state index contributed by atoms with van der Waals surface area (Å²) in [7, 11) is -3.38. The summed E-state index contributed by atoms with van der Waals surface area (Å²) < 4.78 is 27.2. The van der Waals surface area contributed by atoms with Crippen LogP contribution in [-0.2, 0) is 10.0 Å². The normalized spacial score (nSPS) is 20.2. The van der Waals surface area contributed by atoms with Gasteiger partial charge in [-0.2, -0.15) is 0 Å². The zero-order chi connectivity index (χ0) is 14.6. The molecule has 1 atom stereocenters. The van der Waals surface area contributed by atoms with Crippen LogP contribution in [0, 0.1) is 5.92 Å². The highest BCUT2D eigenvalue weighted by Gasteiger charge is 2.18. The maximum absolute atomic E-state index is 12.2. The lowest BCUT2D eigenvalue weighted by atomic mass is 10.0. The summed E-state index contributed by atoms with van der Waals surface area (Å²) in [6, 6.07) is 7.16. The van der Waals surface area contributed by atoms with E-state index in [-0.39, 0.29) is 0 Å². The number of rotatable bonds is 5. The molecule has 0 radical (unpaired) electrons. The molecular weight excluding hydrogens is 272 g/mol. The van der Waals surface area contributed by atoms with Crippen molar-refractivity contribution in [3.8, 4) is 0 Å². The van der Waals surface area contributed by atoms with E-state index in [1.165, 1.54) is 0 Å². The molecule has 1 aromatic carbocycles. The average molecular weight is 296 g/mol. The highest BCUT2D eigenvalue weighted by molar-refractivity contribution is 7.89. The Balaban J connectivity index is 1.98. The van der Waals surface area contributed by atoms with Crippen molar-refractivity contribution < 1.29 is 8.42 Å². The first-order valence-electron chi connectivity index (χ1n) is 7.29. The molecule has 1 unspecified atom stereocenters. The summed E-state index contributed by atoms with van der Waals surface area (Å²) in [6.45, 7) is 6.64. The minimum absolute atomic E-state index is 0.352. The molecule has 1 heterocycles. The molecule has 20 heavy (non-hydrogen) atoms. The van der Waals surface area contributed by atoms with Crippen molar-refractivity contribution in [2.45, 2.75) is 37.5 Å². The topological polar surface area (TPSA) is 58.2 Å². The highest BCUT2D eigenvalue weighted by atomic mass is 32.2. The van der Waals surface area contributed by atoms with Gasteiger partial charge in [-0.3, -0.25) is 0 Å². The molecule has 4 nitrogen and oxygen atoms in total. The molecule has 5 heteroatoms. The van der Waals surface area contributed by atoms with Crippen LogP contribution < -0.4 is 10.0 Å². The molecule has 0 aliphatic carbocycles. The van der Waals surface area contributed by atoms with E-state index in [4.69, 9.17) is 0 Å². The second kappa shape index (κ2) is 6.70. The van der Waals surface area contributed by atoms with E-state index in [9.17, 15) is 8.42 Å². The van der Waals surface area contributed by atoms with Crippen molar-refractivity contribution >= 4 is 10.0 Å². The molecule has 2 N–H and O–H groups in total. The van der Waals surface area contributed by atoms with E-state index in [1.54, 1.807) is 12.1 Å². The fraction of sp³-hybridized carbons (Fsp3) is 0.600. The van der Waals surface area contributed by atoms with Gasteiger partial charge in [-0.05, 0) is 55.5 Å². The molecule has 0 spiro atoms. The number of piperidine rings is 1. The molecule has 1 aliphatic rings. The van der Waals surface area contributed by atoms with Gasteiger partial charge in [0.05, 0.1) is 4.90 Å². The molecule has 0 amide bonds. The molecule has 0 saturated carbocycles. The van der Waals surface area contributed by atoms with Crippen molar-refractivity contribution in [2.24, 2.45) is 5.92 Å². The van der Waals surface area contributed by atoms with Gasteiger partial charge in [-0.15, -0.1) is 0 Å². The van der Waals surface area contributed by atoms with Gasteiger partial charge in [-0.25, -0.2) is 13.1 Å². The first-order valence-corrected chi connectivity index (χ1v) is 8.77. The van der Waals surface area contributed by atoms with E-state index in [0.29, 0.717) is 23.3 Å². The van der Waals surface area contributed by atoms with Gasteiger partial charge in [0.1, 0.15) is 0 Å². The van der Waals surface area contributed by atoms with Gasteiger partial charge >= 0.3 is 0 Å². The van der Waals surface area contributed by atoms with Crippen LogP contribution >= 0.6 is 0 Å². The standard InChI is InChI=1S/C15H24N2O2S/c1-12(2)14-5-7-15(8-6-14)20(18,19)17-11-13-4-3-9-16-10-13/h5-8,12-13,16-17H,3-4,9-11H2,1-2H3. The van der Waals surface area contributed by atoms with Crippen molar-refractivity contribution in [1.29, 1.82) is 0 Å². The van der Waals surface area contributed by atoms with Gasteiger partial charge < -0.3 is 5.32 Å². The summed E-state index contributed by atoms with van der Waals surface area (Å²) in [6.07, 6.45) is 2.21. The fourth-order valence-corrected chi connectivity index (χ4v) is 3.56. The predicted molar refractivity (Wildman–Crippen MR) is 81.3 cm³/mol. The van der Waals surface area contributed by atoms with Crippen LogP contribution in [0.3, 0.4) is 0 Å². The molecule has 112 valence electrons. The fourth-order valence-electron chi connectivity index (χ4n) is 2.44. The molecule has 0 aromatic heterocycles. The Morgan fingerprint density at radius 3 is 2.55 bits per heavy atom. The average Bonchev–Trinajstić information content (AvgIpc) is 2.46. The Morgan fingerprint density at radius 2 is 2.00 bits per heavy atom. The summed E-state index contributed by atoms with van der Waals surface area (Å²) in [5.74, 6) is 0.807. The molecule has 2 rings (SSSR count). The van der Waals surface area contributed by atoms with Crippen molar-refractivity contribution in [1.82, 2.24) is 10.0 Å². The van der Waals surface area contributed by atoms with Gasteiger partial charge in [0.15, 0.2) is 0 Å².